The first-order valence-corrected chi connectivity index (χ1v) is 14.5. The van der Waals surface area contributed by atoms with Crippen molar-refractivity contribution in [3.63, 3.8) is 0 Å². The van der Waals surface area contributed by atoms with E-state index in [-0.39, 0.29) is 36.1 Å². The number of nitrogens with zero attached hydrogens (tertiary/aromatic N) is 1. The molecule has 3 atom stereocenters. The quantitative estimate of drug-likeness (QED) is 0.289. The van der Waals surface area contributed by atoms with Crippen molar-refractivity contribution in [3.8, 4) is 5.75 Å². The molecule has 3 unspecified atom stereocenters. The molecule has 2 aromatic carbocycles. The largest absolute Gasteiger partial charge is 0.508 e. The van der Waals surface area contributed by atoms with Gasteiger partial charge in [-0.05, 0) is 96.0 Å². The molecule has 0 saturated carbocycles. The Hall–Kier alpha value is -3.55. The van der Waals surface area contributed by atoms with E-state index >= 15 is 0 Å². The zero-order chi connectivity index (χ0) is 30.9. The van der Waals surface area contributed by atoms with Gasteiger partial charge in [0.15, 0.2) is 0 Å². The average molecular weight is 568 g/mol. The van der Waals surface area contributed by atoms with Crippen molar-refractivity contribution in [1.82, 2.24) is 15.5 Å². The number of hydrogen-bond donors (Lipinski definition) is 3. The van der Waals surface area contributed by atoms with Crippen molar-refractivity contribution < 1.29 is 24.2 Å². The van der Waals surface area contributed by atoms with Crippen molar-refractivity contribution in [1.29, 1.82) is 0 Å². The molecule has 0 spiro atoms. The third kappa shape index (κ3) is 10.7. The second kappa shape index (κ2) is 14.9. The van der Waals surface area contributed by atoms with Crippen molar-refractivity contribution >= 4 is 17.9 Å². The molecular weight excluding hydrogens is 518 g/mol. The zero-order valence-corrected chi connectivity index (χ0v) is 26.2. The van der Waals surface area contributed by atoms with Crippen molar-refractivity contribution in [3.05, 3.63) is 65.2 Å². The lowest BCUT2D eigenvalue weighted by atomic mass is 9.95. The van der Waals surface area contributed by atoms with E-state index in [4.69, 9.17) is 4.74 Å². The summed E-state index contributed by atoms with van der Waals surface area (Å²) in [5, 5.41) is 16.0. The minimum Gasteiger partial charge on any atom is -0.508 e. The van der Waals surface area contributed by atoms with Crippen LogP contribution in [0.1, 0.15) is 91.0 Å². The topological polar surface area (TPSA) is 108 Å². The summed E-state index contributed by atoms with van der Waals surface area (Å²) < 4.78 is 5.52. The van der Waals surface area contributed by atoms with Gasteiger partial charge in [0, 0.05) is 18.5 Å². The molecule has 3 amide bonds. The second-order valence-corrected chi connectivity index (χ2v) is 12.6. The third-order valence-electron chi connectivity index (χ3n) is 6.66. The lowest BCUT2D eigenvalue weighted by Gasteiger charge is -2.39. The lowest BCUT2D eigenvalue weighted by molar-refractivity contribution is -0.145. The number of alkyl carbamates (subject to hydrolysis) is 1. The molecule has 0 saturated heterocycles. The lowest BCUT2D eigenvalue weighted by Crippen LogP contribution is -2.56. The van der Waals surface area contributed by atoms with E-state index in [9.17, 15) is 19.5 Å². The van der Waals surface area contributed by atoms with Crippen LogP contribution < -0.4 is 10.6 Å². The number of aromatic hydroxyl groups is 1. The number of ether oxygens (including phenoxy) is 1. The Kier molecular flexibility index (Phi) is 12.2. The van der Waals surface area contributed by atoms with E-state index in [2.05, 4.69) is 24.5 Å². The Bertz CT molecular complexity index is 1160. The molecule has 0 fully saturated rings. The van der Waals surface area contributed by atoms with E-state index in [1.165, 1.54) is 0 Å². The van der Waals surface area contributed by atoms with Gasteiger partial charge in [-0.2, -0.15) is 0 Å². The van der Waals surface area contributed by atoms with Gasteiger partial charge in [-0.1, -0.05) is 50.2 Å². The van der Waals surface area contributed by atoms with Crippen molar-refractivity contribution in [2.75, 3.05) is 0 Å². The summed E-state index contributed by atoms with van der Waals surface area (Å²) >= 11 is 0. The Morgan fingerprint density at radius 3 is 2.10 bits per heavy atom. The molecule has 0 heterocycles. The molecule has 0 aliphatic heterocycles. The number of carbonyl (C=O) groups excluding carboxylic acids is 3. The Balaban J connectivity index is 2.66. The fourth-order valence-electron chi connectivity index (χ4n) is 4.64. The number of phenolic OH excluding ortho intramolecular Hbond substituents is 1. The molecule has 0 aliphatic carbocycles. The fourth-order valence-corrected chi connectivity index (χ4v) is 4.64. The van der Waals surface area contributed by atoms with Gasteiger partial charge >= 0.3 is 6.09 Å². The minimum absolute atomic E-state index is 0.107. The van der Waals surface area contributed by atoms with Crippen LogP contribution in [0.25, 0.3) is 0 Å². The van der Waals surface area contributed by atoms with E-state index in [0.717, 1.165) is 12.0 Å². The first kappa shape index (κ1) is 33.7. The molecule has 8 heteroatoms. The van der Waals surface area contributed by atoms with Gasteiger partial charge in [-0.25, -0.2) is 4.79 Å². The van der Waals surface area contributed by atoms with Crippen LogP contribution >= 0.6 is 0 Å². The third-order valence-corrected chi connectivity index (χ3v) is 6.66. The summed E-state index contributed by atoms with van der Waals surface area (Å²) in [4.78, 5) is 43.0. The summed E-state index contributed by atoms with van der Waals surface area (Å²) in [7, 11) is 0. The summed E-state index contributed by atoms with van der Waals surface area (Å²) in [6.07, 6.45) is 1.03. The zero-order valence-electron chi connectivity index (χ0n) is 26.2. The molecule has 0 bridgehead atoms. The number of phenols is 1. The smallest absolute Gasteiger partial charge is 0.408 e. The number of aryl methyl sites for hydroxylation is 1. The molecular formula is C33H49N3O5. The van der Waals surface area contributed by atoms with Crippen LogP contribution in [0.4, 0.5) is 4.79 Å². The van der Waals surface area contributed by atoms with Crippen LogP contribution in [0, 0.1) is 12.8 Å². The predicted octanol–water partition coefficient (Wildman–Crippen LogP) is 6.06. The van der Waals surface area contributed by atoms with Gasteiger partial charge < -0.3 is 25.4 Å². The molecule has 8 nitrogen and oxygen atoms in total. The monoisotopic (exact) mass is 567 g/mol. The highest BCUT2D eigenvalue weighted by molar-refractivity contribution is 5.92. The summed E-state index contributed by atoms with van der Waals surface area (Å²) in [6, 6.07) is 11.9. The normalized spacial score (nSPS) is 13.8. The maximum absolute atomic E-state index is 14.6. The second-order valence-electron chi connectivity index (χ2n) is 12.6. The van der Waals surface area contributed by atoms with Gasteiger partial charge in [0.2, 0.25) is 11.8 Å². The van der Waals surface area contributed by atoms with Crippen LogP contribution in [0.2, 0.25) is 0 Å². The molecule has 0 aromatic heterocycles. The van der Waals surface area contributed by atoms with Crippen LogP contribution in [0.5, 0.6) is 5.75 Å². The van der Waals surface area contributed by atoms with E-state index in [1.807, 2.05) is 51.1 Å². The highest BCUT2D eigenvalue weighted by Crippen LogP contribution is 2.30. The standard InChI is InChI=1S/C33H49N3O5/c1-21(2)15-16-24(6)36(29(30(38)34-22(3)4)26-17-18-28(37)23(5)19-26)31(39)27(20-25-13-11-10-12-14-25)35-32(40)41-33(7,8)9/h10-14,17-19,21-22,24,27,29,37H,15-16,20H2,1-9H3,(H,34,38)(H,35,40). The number of benzene rings is 2. The molecule has 226 valence electrons. The van der Waals surface area contributed by atoms with Gasteiger partial charge in [0.1, 0.15) is 23.4 Å². The van der Waals surface area contributed by atoms with Crippen LogP contribution in [-0.4, -0.2) is 51.6 Å². The minimum atomic E-state index is -0.985. The maximum atomic E-state index is 14.6. The Labute approximate surface area is 245 Å². The average Bonchev–Trinajstić information content (AvgIpc) is 2.85. The highest BCUT2D eigenvalue weighted by atomic mass is 16.6. The van der Waals surface area contributed by atoms with Crippen LogP contribution in [0.15, 0.2) is 48.5 Å². The van der Waals surface area contributed by atoms with E-state index in [1.54, 1.807) is 50.8 Å². The van der Waals surface area contributed by atoms with Gasteiger partial charge in [-0.15, -0.1) is 0 Å². The predicted molar refractivity (Wildman–Crippen MR) is 163 cm³/mol. The summed E-state index contributed by atoms with van der Waals surface area (Å²) in [6.45, 7) is 17.0. The van der Waals surface area contributed by atoms with Gasteiger partial charge in [0.25, 0.3) is 0 Å². The summed E-state index contributed by atoms with van der Waals surface area (Å²) in [5.41, 5.74) is 1.29. The molecule has 41 heavy (non-hydrogen) atoms. The number of hydrogen-bond acceptors (Lipinski definition) is 5. The Morgan fingerprint density at radius 1 is 0.927 bits per heavy atom. The highest BCUT2D eigenvalue weighted by Gasteiger charge is 2.39. The number of nitrogens with one attached hydrogen (secondary N) is 2. The first-order valence-electron chi connectivity index (χ1n) is 14.5. The number of amides is 3. The molecule has 0 aliphatic rings. The molecule has 3 N–H and O–H groups in total. The maximum Gasteiger partial charge on any atom is 0.408 e. The fraction of sp³-hybridized carbons (Fsp3) is 0.545. The Morgan fingerprint density at radius 2 is 1.56 bits per heavy atom. The SMILES string of the molecule is Cc1cc(C(C(=O)NC(C)C)N(C(=O)C(Cc2ccccc2)NC(=O)OC(C)(C)C)C(C)CCC(C)C)ccc1O. The number of rotatable bonds is 12. The summed E-state index contributed by atoms with van der Waals surface area (Å²) in [5.74, 6) is -0.208. The van der Waals surface area contributed by atoms with Gasteiger partial charge in [-0.3, -0.25) is 9.59 Å². The molecule has 0 radical (unpaired) electrons. The van der Waals surface area contributed by atoms with Crippen LogP contribution in [-0.2, 0) is 20.7 Å². The number of carbonyl (C=O) groups is 3. The van der Waals surface area contributed by atoms with Crippen LogP contribution in [0.3, 0.4) is 0 Å². The van der Waals surface area contributed by atoms with Crippen molar-refractivity contribution in [2.24, 2.45) is 5.92 Å². The van der Waals surface area contributed by atoms with E-state index in [0.29, 0.717) is 23.5 Å². The first-order chi connectivity index (χ1) is 19.1. The molecule has 2 aromatic rings. The van der Waals surface area contributed by atoms with E-state index < -0.39 is 23.8 Å². The molecule has 2 rings (SSSR count). The van der Waals surface area contributed by atoms with Gasteiger partial charge in [0.05, 0.1) is 0 Å². The van der Waals surface area contributed by atoms with Crippen molar-refractivity contribution in [2.45, 2.75) is 111 Å².